The molecule has 1 heterocycles. The molecular formula is C12H9ClN2OS. The molecule has 0 saturated carbocycles. The van der Waals surface area contributed by atoms with Crippen LogP contribution in [0, 0.1) is 0 Å². The molecular weight excluding hydrogens is 256 g/mol. The highest BCUT2D eigenvalue weighted by molar-refractivity contribution is 7.80. The molecule has 3 nitrogen and oxygen atoms in total. The first kappa shape index (κ1) is 10.7. The average Bonchev–Trinajstić information content (AvgIpc) is 2.52. The molecule has 0 spiro atoms. The Morgan fingerprint density at radius 3 is 2.94 bits per heavy atom. The molecule has 1 aromatic rings. The van der Waals surface area contributed by atoms with Crippen LogP contribution in [-0.4, -0.2) is 10.9 Å². The standard InChI is InChI=1S/C12H9ClN2OS/c1-5-9-10(15-12(17)14-5)8-4-6(13)2-3-7(8)11(9)16/h2-4,10H,1H3,(H2,14,15,17). The molecule has 0 bridgehead atoms. The highest BCUT2D eigenvalue weighted by Crippen LogP contribution is 2.39. The van der Waals surface area contributed by atoms with Crippen LogP contribution in [-0.2, 0) is 0 Å². The lowest BCUT2D eigenvalue weighted by Crippen LogP contribution is -2.42. The molecule has 1 aliphatic heterocycles. The molecule has 17 heavy (non-hydrogen) atoms. The molecule has 2 N–H and O–H groups in total. The molecule has 1 aromatic carbocycles. The van der Waals surface area contributed by atoms with Gasteiger partial charge in [0, 0.05) is 21.9 Å². The van der Waals surface area contributed by atoms with Crippen LogP contribution in [0.3, 0.4) is 0 Å². The summed E-state index contributed by atoms with van der Waals surface area (Å²) in [5.74, 6) is 0.0432. The molecule has 0 saturated heterocycles. The average molecular weight is 265 g/mol. The van der Waals surface area contributed by atoms with Crippen LogP contribution < -0.4 is 10.6 Å². The first-order valence-electron chi connectivity index (χ1n) is 5.20. The van der Waals surface area contributed by atoms with E-state index < -0.39 is 0 Å². The molecule has 86 valence electrons. The second-order valence-corrected chi connectivity index (χ2v) is 4.98. The number of allylic oxidation sites excluding steroid dienone is 1. The summed E-state index contributed by atoms with van der Waals surface area (Å²) in [5, 5.41) is 7.25. The van der Waals surface area contributed by atoms with Crippen LogP contribution in [0.1, 0.15) is 28.9 Å². The predicted molar refractivity (Wildman–Crippen MR) is 70.1 cm³/mol. The number of Topliss-reactive ketones (excluding diaryl/α,β-unsaturated/α-hetero) is 1. The van der Waals surface area contributed by atoms with Crippen LogP contribution in [0.25, 0.3) is 0 Å². The van der Waals surface area contributed by atoms with Gasteiger partial charge in [-0.3, -0.25) is 4.79 Å². The fraction of sp³-hybridized carbons (Fsp3) is 0.167. The second-order valence-electron chi connectivity index (χ2n) is 4.13. The third-order valence-corrected chi connectivity index (χ3v) is 3.54. The van der Waals surface area contributed by atoms with Crippen molar-refractivity contribution in [3.63, 3.8) is 0 Å². The van der Waals surface area contributed by atoms with Crippen molar-refractivity contribution < 1.29 is 4.79 Å². The number of hydrogen-bond acceptors (Lipinski definition) is 2. The van der Waals surface area contributed by atoms with Gasteiger partial charge < -0.3 is 10.6 Å². The van der Waals surface area contributed by atoms with E-state index in [0.29, 0.717) is 15.7 Å². The van der Waals surface area contributed by atoms with E-state index in [4.69, 9.17) is 23.8 Å². The number of thiocarbonyl (C=S) groups is 1. The maximum absolute atomic E-state index is 12.2. The lowest BCUT2D eigenvalue weighted by molar-refractivity contribution is 0.103. The fourth-order valence-electron chi connectivity index (χ4n) is 2.35. The SMILES string of the molecule is CC1=C2C(=O)c3ccc(Cl)cc3C2NC(=S)N1. The summed E-state index contributed by atoms with van der Waals surface area (Å²) in [6, 6.07) is 5.16. The van der Waals surface area contributed by atoms with E-state index in [1.165, 1.54) is 0 Å². The van der Waals surface area contributed by atoms with Gasteiger partial charge >= 0.3 is 0 Å². The van der Waals surface area contributed by atoms with Gasteiger partial charge in [-0.05, 0) is 42.9 Å². The molecule has 0 amide bonds. The predicted octanol–water partition coefficient (Wildman–Crippen LogP) is 2.33. The summed E-state index contributed by atoms with van der Waals surface area (Å²) in [7, 11) is 0. The quantitative estimate of drug-likeness (QED) is 0.706. The number of carbonyl (C=O) groups is 1. The summed E-state index contributed by atoms with van der Waals surface area (Å²) in [6.45, 7) is 1.86. The number of ketones is 1. The van der Waals surface area contributed by atoms with Crippen molar-refractivity contribution >= 4 is 34.7 Å². The Morgan fingerprint density at radius 1 is 1.41 bits per heavy atom. The normalized spacial score (nSPS) is 21.9. The number of halogens is 1. The van der Waals surface area contributed by atoms with Crippen molar-refractivity contribution in [1.29, 1.82) is 0 Å². The van der Waals surface area contributed by atoms with Crippen LogP contribution >= 0.6 is 23.8 Å². The van der Waals surface area contributed by atoms with E-state index in [2.05, 4.69) is 10.6 Å². The molecule has 0 fully saturated rings. The van der Waals surface area contributed by atoms with Crippen LogP contribution in [0.5, 0.6) is 0 Å². The van der Waals surface area contributed by atoms with Crippen LogP contribution in [0.15, 0.2) is 29.5 Å². The molecule has 0 aromatic heterocycles. The summed E-state index contributed by atoms with van der Waals surface area (Å²) in [6.07, 6.45) is 0. The van der Waals surface area contributed by atoms with Gasteiger partial charge in [-0.1, -0.05) is 11.6 Å². The Kier molecular flexibility index (Phi) is 2.24. The van der Waals surface area contributed by atoms with Crippen molar-refractivity contribution in [2.24, 2.45) is 0 Å². The number of nitrogens with one attached hydrogen (secondary N) is 2. The molecule has 2 aliphatic rings. The highest BCUT2D eigenvalue weighted by Gasteiger charge is 2.38. The fourth-order valence-corrected chi connectivity index (χ4v) is 2.80. The maximum Gasteiger partial charge on any atom is 0.193 e. The first-order valence-corrected chi connectivity index (χ1v) is 5.99. The lowest BCUT2D eigenvalue weighted by atomic mass is 10.0. The zero-order chi connectivity index (χ0) is 12.2. The molecule has 1 unspecified atom stereocenters. The number of rotatable bonds is 0. The highest BCUT2D eigenvalue weighted by atomic mass is 35.5. The summed E-state index contributed by atoms with van der Waals surface area (Å²) < 4.78 is 0. The smallest absolute Gasteiger partial charge is 0.193 e. The topological polar surface area (TPSA) is 41.1 Å². The Labute approximate surface area is 109 Å². The number of benzene rings is 1. The Morgan fingerprint density at radius 2 is 2.18 bits per heavy atom. The molecule has 1 aliphatic carbocycles. The van der Waals surface area contributed by atoms with Crippen molar-refractivity contribution in [1.82, 2.24) is 10.6 Å². The minimum atomic E-state index is -0.162. The lowest BCUT2D eigenvalue weighted by Gasteiger charge is -2.25. The minimum absolute atomic E-state index is 0.0432. The van der Waals surface area contributed by atoms with Gasteiger partial charge in [-0.2, -0.15) is 0 Å². The minimum Gasteiger partial charge on any atom is -0.351 e. The van der Waals surface area contributed by atoms with E-state index in [1.54, 1.807) is 12.1 Å². The number of hydrogen-bond donors (Lipinski definition) is 2. The first-order chi connectivity index (χ1) is 8.08. The second kappa shape index (κ2) is 3.55. The van der Waals surface area contributed by atoms with Gasteiger partial charge in [0.25, 0.3) is 0 Å². The van der Waals surface area contributed by atoms with Crippen molar-refractivity contribution in [3.05, 3.63) is 45.6 Å². The summed E-state index contributed by atoms with van der Waals surface area (Å²) >= 11 is 11.1. The molecule has 1 atom stereocenters. The zero-order valence-electron chi connectivity index (χ0n) is 9.00. The Hall–Kier alpha value is -1.39. The number of fused-ring (bicyclic) bond motifs is 3. The Balaban J connectivity index is 2.25. The van der Waals surface area contributed by atoms with E-state index in [0.717, 1.165) is 16.8 Å². The van der Waals surface area contributed by atoms with E-state index >= 15 is 0 Å². The number of carbonyl (C=O) groups excluding carboxylic acids is 1. The van der Waals surface area contributed by atoms with Crippen LogP contribution in [0.2, 0.25) is 5.02 Å². The summed E-state index contributed by atoms with van der Waals surface area (Å²) in [4.78, 5) is 12.2. The van der Waals surface area contributed by atoms with Crippen molar-refractivity contribution in [3.8, 4) is 0 Å². The molecule has 5 heteroatoms. The third kappa shape index (κ3) is 1.48. The van der Waals surface area contributed by atoms with Gasteiger partial charge in [-0.25, -0.2) is 0 Å². The van der Waals surface area contributed by atoms with Gasteiger partial charge in [0.1, 0.15) is 0 Å². The molecule has 3 rings (SSSR count). The van der Waals surface area contributed by atoms with Gasteiger partial charge in [-0.15, -0.1) is 0 Å². The van der Waals surface area contributed by atoms with E-state index in [9.17, 15) is 4.79 Å². The Bertz CT molecular complexity index is 594. The van der Waals surface area contributed by atoms with E-state index in [-0.39, 0.29) is 11.8 Å². The monoisotopic (exact) mass is 264 g/mol. The van der Waals surface area contributed by atoms with Gasteiger partial charge in [0.15, 0.2) is 10.9 Å². The zero-order valence-corrected chi connectivity index (χ0v) is 10.6. The third-order valence-electron chi connectivity index (χ3n) is 3.08. The van der Waals surface area contributed by atoms with Crippen molar-refractivity contribution in [2.45, 2.75) is 13.0 Å². The van der Waals surface area contributed by atoms with E-state index in [1.807, 2.05) is 13.0 Å². The van der Waals surface area contributed by atoms with Gasteiger partial charge in [0.2, 0.25) is 0 Å². The molecule has 0 radical (unpaired) electrons. The van der Waals surface area contributed by atoms with Crippen molar-refractivity contribution in [2.75, 3.05) is 0 Å². The largest absolute Gasteiger partial charge is 0.351 e. The summed E-state index contributed by atoms with van der Waals surface area (Å²) in [5.41, 5.74) is 3.15. The maximum atomic E-state index is 12.2. The van der Waals surface area contributed by atoms with Crippen LogP contribution in [0.4, 0.5) is 0 Å². The van der Waals surface area contributed by atoms with Gasteiger partial charge in [0.05, 0.1) is 6.04 Å².